The van der Waals surface area contributed by atoms with Crippen molar-refractivity contribution in [1.29, 1.82) is 0 Å². The topological polar surface area (TPSA) is 101 Å². The van der Waals surface area contributed by atoms with Crippen molar-refractivity contribution in [3.05, 3.63) is 64.1 Å². The molecule has 7 heteroatoms. The first-order chi connectivity index (χ1) is 11.8. The first-order valence-corrected chi connectivity index (χ1v) is 8.36. The Kier molecular flexibility index (Phi) is 6.30. The van der Waals surface area contributed by atoms with E-state index < -0.39 is 17.9 Å². The molecule has 0 saturated heterocycles. The summed E-state index contributed by atoms with van der Waals surface area (Å²) >= 11 is 3.34. The first-order valence-electron chi connectivity index (χ1n) is 7.57. The second-order valence-corrected chi connectivity index (χ2v) is 6.44. The van der Waals surface area contributed by atoms with Crippen LogP contribution in [0.15, 0.2) is 53.0 Å². The third-order valence-electron chi connectivity index (χ3n) is 3.45. The van der Waals surface area contributed by atoms with Gasteiger partial charge in [-0.15, -0.1) is 0 Å². The largest absolute Gasteiger partial charge is 0.368 e. The molecule has 0 heterocycles. The van der Waals surface area contributed by atoms with Gasteiger partial charge in [0.05, 0.1) is 0 Å². The summed E-state index contributed by atoms with van der Waals surface area (Å²) in [6, 6.07) is 13.0. The molecule has 2 aromatic rings. The van der Waals surface area contributed by atoms with Gasteiger partial charge in [-0.2, -0.15) is 0 Å². The van der Waals surface area contributed by atoms with Gasteiger partial charge in [0.1, 0.15) is 6.04 Å². The van der Waals surface area contributed by atoms with Gasteiger partial charge in [-0.25, -0.2) is 0 Å². The van der Waals surface area contributed by atoms with Gasteiger partial charge in [-0.05, 0) is 35.9 Å². The van der Waals surface area contributed by atoms with Crippen LogP contribution in [-0.2, 0) is 16.0 Å². The lowest BCUT2D eigenvalue weighted by molar-refractivity contribution is -0.119. The molecule has 4 N–H and O–H groups in total. The standard InChI is InChI=1S/C18H18BrN3O3/c1-11(23)21-15-4-2-3-13(10-15)18(25)22-16(17(20)24)9-12-5-7-14(19)8-6-12/h2-8,10,16H,9H2,1H3,(H2,20,24)(H,21,23)(H,22,25)/t16-/m1/s1. The molecule has 3 amide bonds. The Bertz CT molecular complexity index is 790. The predicted molar refractivity (Wildman–Crippen MR) is 99.0 cm³/mol. The molecule has 0 spiro atoms. The highest BCUT2D eigenvalue weighted by Crippen LogP contribution is 2.13. The van der Waals surface area contributed by atoms with E-state index >= 15 is 0 Å². The molecule has 0 aliphatic carbocycles. The molecule has 0 unspecified atom stereocenters. The molecular formula is C18H18BrN3O3. The summed E-state index contributed by atoms with van der Waals surface area (Å²) in [5.41, 5.74) is 7.12. The molecular weight excluding hydrogens is 386 g/mol. The van der Waals surface area contributed by atoms with Crippen molar-refractivity contribution in [2.45, 2.75) is 19.4 Å². The minimum atomic E-state index is -0.835. The lowest BCUT2D eigenvalue weighted by Gasteiger charge is -2.16. The number of anilines is 1. The minimum Gasteiger partial charge on any atom is -0.368 e. The van der Waals surface area contributed by atoms with E-state index in [-0.39, 0.29) is 5.91 Å². The van der Waals surface area contributed by atoms with E-state index in [1.807, 2.05) is 24.3 Å². The van der Waals surface area contributed by atoms with Crippen molar-refractivity contribution >= 4 is 39.3 Å². The van der Waals surface area contributed by atoms with Crippen LogP contribution in [0.4, 0.5) is 5.69 Å². The maximum atomic E-state index is 12.4. The van der Waals surface area contributed by atoms with Gasteiger partial charge in [0.25, 0.3) is 5.91 Å². The lowest BCUT2D eigenvalue weighted by atomic mass is 10.0. The SMILES string of the molecule is CC(=O)Nc1cccc(C(=O)N[C@H](Cc2ccc(Br)cc2)C(N)=O)c1. The molecule has 25 heavy (non-hydrogen) atoms. The van der Waals surface area contributed by atoms with E-state index in [0.717, 1.165) is 10.0 Å². The monoisotopic (exact) mass is 403 g/mol. The van der Waals surface area contributed by atoms with Gasteiger partial charge >= 0.3 is 0 Å². The molecule has 0 saturated carbocycles. The Labute approximate surface area is 153 Å². The summed E-state index contributed by atoms with van der Waals surface area (Å²) in [5, 5.41) is 5.24. The highest BCUT2D eigenvalue weighted by atomic mass is 79.9. The van der Waals surface area contributed by atoms with Crippen LogP contribution in [0, 0.1) is 0 Å². The molecule has 130 valence electrons. The first kappa shape index (κ1) is 18.7. The van der Waals surface area contributed by atoms with Gasteiger partial charge < -0.3 is 16.4 Å². The van der Waals surface area contributed by atoms with E-state index in [4.69, 9.17) is 5.73 Å². The summed E-state index contributed by atoms with van der Waals surface area (Å²) in [5.74, 6) is -1.29. The zero-order valence-electron chi connectivity index (χ0n) is 13.6. The predicted octanol–water partition coefficient (Wildman–Crippen LogP) is 2.23. The maximum absolute atomic E-state index is 12.4. The molecule has 0 bridgehead atoms. The van der Waals surface area contributed by atoms with Crippen molar-refractivity contribution in [2.75, 3.05) is 5.32 Å². The molecule has 1 atom stereocenters. The van der Waals surface area contributed by atoms with E-state index in [0.29, 0.717) is 17.7 Å². The Morgan fingerprint density at radius 3 is 2.40 bits per heavy atom. The molecule has 6 nitrogen and oxygen atoms in total. The van der Waals surface area contributed by atoms with Crippen LogP contribution >= 0.6 is 15.9 Å². The van der Waals surface area contributed by atoms with Crippen LogP contribution < -0.4 is 16.4 Å². The number of primary amides is 1. The van der Waals surface area contributed by atoms with Crippen LogP contribution in [0.1, 0.15) is 22.8 Å². The van der Waals surface area contributed by atoms with E-state index in [1.54, 1.807) is 18.2 Å². The second kappa shape index (κ2) is 8.43. The minimum absolute atomic E-state index is 0.234. The third-order valence-corrected chi connectivity index (χ3v) is 3.98. The molecule has 0 radical (unpaired) electrons. The maximum Gasteiger partial charge on any atom is 0.252 e. The second-order valence-electron chi connectivity index (χ2n) is 5.52. The van der Waals surface area contributed by atoms with Gasteiger partial charge in [-0.1, -0.05) is 34.1 Å². The Balaban J connectivity index is 2.11. The number of amides is 3. The highest BCUT2D eigenvalue weighted by Gasteiger charge is 2.19. The van der Waals surface area contributed by atoms with Crippen LogP contribution in [0.5, 0.6) is 0 Å². The number of benzene rings is 2. The number of halogens is 1. The molecule has 0 aliphatic rings. The average molecular weight is 404 g/mol. The summed E-state index contributed by atoms with van der Waals surface area (Å²) in [6.45, 7) is 1.38. The zero-order chi connectivity index (χ0) is 18.4. The van der Waals surface area contributed by atoms with Gasteiger partial charge in [0, 0.05) is 29.1 Å². The van der Waals surface area contributed by atoms with Gasteiger partial charge in [0.2, 0.25) is 11.8 Å². The van der Waals surface area contributed by atoms with Crippen LogP contribution in [0.2, 0.25) is 0 Å². The molecule has 2 rings (SSSR count). The number of nitrogens with one attached hydrogen (secondary N) is 2. The molecule has 0 fully saturated rings. The number of nitrogens with two attached hydrogens (primary N) is 1. The Morgan fingerprint density at radius 2 is 1.80 bits per heavy atom. The van der Waals surface area contributed by atoms with Crippen molar-refractivity contribution in [3.63, 3.8) is 0 Å². The van der Waals surface area contributed by atoms with Crippen LogP contribution in [0.3, 0.4) is 0 Å². The van der Waals surface area contributed by atoms with Crippen molar-refractivity contribution < 1.29 is 14.4 Å². The van der Waals surface area contributed by atoms with Crippen LogP contribution in [0.25, 0.3) is 0 Å². The van der Waals surface area contributed by atoms with Gasteiger partial charge in [-0.3, -0.25) is 14.4 Å². The quantitative estimate of drug-likeness (QED) is 0.688. The third kappa shape index (κ3) is 5.72. The molecule has 2 aromatic carbocycles. The number of carbonyl (C=O) groups is 3. The van der Waals surface area contributed by atoms with E-state index in [1.165, 1.54) is 13.0 Å². The fourth-order valence-electron chi connectivity index (χ4n) is 2.26. The Hall–Kier alpha value is -2.67. The average Bonchev–Trinajstić information content (AvgIpc) is 2.55. The lowest BCUT2D eigenvalue weighted by Crippen LogP contribution is -2.45. The molecule has 0 aliphatic heterocycles. The van der Waals surface area contributed by atoms with Crippen molar-refractivity contribution in [3.8, 4) is 0 Å². The van der Waals surface area contributed by atoms with Gasteiger partial charge in [0.15, 0.2) is 0 Å². The Morgan fingerprint density at radius 1 is 1.12 bits per heavy atom. The number of carbonyl (C=O) groups excluding carboxylic acids is 3. The summed E-state index contributed by atoms with van der Waals surface area (Å²) in [6.07, 6.45) is 0.291. The van der Waals surface area contributed by atoms with E-state index in [9.17, 15) is 14.4 Å². The van der Waals surface area contributed by atoms with Crippen molar-refractivity contribution in [1.82, 2.24) is 5.32 Å². The normalized spacial score (nSPS) is 11.4. The van der Waals surface area contributed by atoms with Crippen LogP contribution in [-0.4, -0.2) is 23.8 Å². The number of rotatable bonds is 6. The smallest absolute Gasteiger partial charge is 0.252 e. The fraction of sp³-hybridized carbons (Fsp3) is 0.167. The number of hydrogen-bond acceptors (Lipinski definition) is 3. The van der Waals surface area contributed by atoms with E-state index in [2.05, 4.69) is 26.6 Å². The van der Waals surface area contributed by atoms with Crippen molar-refractivity contribution in [2.24, 2.45) is 5.73 Å². The molecule has 0 aromatic heterocycles. The highest BCUT2D eigenvalue weighted by molar-refractivity contribution is 9.10. The summed E-state index contributed by atoms with van der Waals surface area (Å²) in [4.78, 5) is 35.2. The fourth-order valence-corrected chi connectivity index (χ4v) is 2.53. The zero-order valence-corrected chi connectivity index (χ0v) is 15.2. The summed E-state index contributed by atoms with van der Waals surface area (Å²) < 4.78 is 0.922. The number of hydrogen-bond donors (Lipinski definition) is 3. The summed E-state index contributed by atoms with van der Waals surface area (Å²) in [7, 11) is 0.